The molecule has 0 fully saturated rings. The highest BCUT2D eigenvalue weighted by atomic mass is 35.5. The largest absolute Gasteiger partial charge is 1.00 e. The van der Waals surface area contributed by atoms with Gasteiger partial charge < -0.3 is 17.7 Å². The lowest BCUT2D eigenvalue weighted by Crippen LogP contribution is -3.00. The van der Waals surface area contributed by atoms with E-state index in [1.807, 2.05) is 12.2 Å². The molecule has 0 aromatic heterocycles. The van der Waals surface area contributed by atoms with Crippen molar-refractivity contribution in [2.75, 3.05) is 13.1 Å². The second kappa shape index (κ2) is 11.5. The van der Waals surface area contributed by atoms with Gasteiger partial charge in [0.25, 0.3) is 0 Å². The molecule has 0 bridgehead atoms. The molecule has 2 N–H and O–H groups in total. The first-order valence-corrected chi connectivity index (χ1v) is 3.45. The van der Waals surface area contributed by atoms with E-state index in [1.165, 1.54) is 0 Å². The minimum atomic E-state index is 0. The van der Waals surface area contributed by atoms with Crippen molar-refractivity contribution >= 4 is 0 Å². The lowest BCUT2D eigenvalue weighted by molar-refractivity contribution is -0.653. The molecule has 0 amide bonds. The van der Waals surface area contributed by atoms with E-state index in [9.17, 15) is 0 Å². The molecule has 0 aliphatic heterocycles. The lowest BCUT2D eigenvalue weighted by Gasteiger charge is -1.94. The van der Waals surface area contributed by atoms with Crippen LogP contribution in [0.1, 0.15) is 12.8 Å². The van der Waals surface area contributed by atoms with Gasteiger partial charge in [0.05, 0.1) is 13.1 Å². The summed E-state index contributed by atoms with van der Waals surface area (Å²) in [4.78, 5) is 0. The third-order valence-electron chi connectivity index (χ3n) is 1.15. The Balaban J connectivity index is 0. The van der Waals surface area contributed by atoms with Gasteiger partial charge >= 0.3 is 0 Å². The first-order valence-electron chi connectivity index (χ1n) is 3.45. The van der Waals surface area contributed by atoms with Gasteiger partial charge in [-0.25, -0.2) is 0 Å². The molecular weight excluding hydrogens is 146 g/mol. The molecule has 0 unspecified atom stereocenters. The number of hydrogen-bond donors (Lipinski definition) is 1. The smallest absolute Gasteiger partial charge is 0.0790 e. The fraction of sp³-hybridized carbons (Fsp3) is 0.500. The third kappa shape index (κ3) is 10.7. The first kappa shape index (κ1) is 12.4. The van der Waals surface area contributed by atoms with E-state index in [-0.39, 0.29) is 12.4 Å². The van der Waals surface area contributed by atoms with Crippen molar-refractivity contribution in [3.63, 3.8) is 0 Å². The highest BCUT2D eigenvalue weighted by molar-refractivity contribution is 4.65. The SMILES string of the molecule is C=CCC[NH2+]CCC=C.[Cl-]. The highest BCUT2D eigenvalue weighted by Crippen LogP contribution is 1.71. The van der Waals surface area contributed by atoms with Gasteiger partial charge in [-0.15, -0.1) is 13.2 Å². The summed E-state index contributed by atoms with van der Waals surface area (Å²) in [7, 11) is 0. The van der Waals surface area contributed by atoms with Crippen molar-refractivity contribution in [1.29, 1.82) is 0 Å². The van der Waals surface area contributed by atoms with Gasteiger partial charge in [-0.1, -0.05) is 12.2 Å². The summed E-state index contributed by atoms with van der Waals surface area (Å²) in [6, 6.07) is 0. The number of hydrogen-bond acceptors (Lipinski definition) is 0. The zero-order valence-corrected chi connectivity index (χ0v) is 7.11. The Morgan fingerprint density at radius 3 is 1.70 bits per heavy atom. The van der Waals surface area contributed by atoms with Gasteiger partial charge in [-0.05, 0) is 0 Å². The minimum absolute atomic E-state index is 0. The van der Waals surface area contributed by atoms with Crippen LogP contribution in [0.15, 0.2) is 25.3 Å². The van der Waals surface area contributed by atoms with E-state index < -0.39 is 0 Å². The maximum Gasteiger partial charge on any atom is 0.0790 e. The molecule has 2 heteroatoms. The zero-order chi connectivity index (χ0) is 6.95. The van der Waals surface area contributed by atoms with E-state index in [0.717, 1.165) is 25.9 Å². The predicted molar refractivity (Wildman–Crippen MR) is 41.3 cm³/mol. The van der Waals surface area contributed by atoms with Crippen molar-refractivity contribution in [3.05, 3.63) is 25.3 Å². The summed E-state index contributed by atoms with van der Waals surface area (Å²) in [6.45, 7) is 9.60. The number of rotatable bonds is 6. The molecule has 0 saturated carbocycles. The van der Waals surface area contributed by atoms with Crippen LogP contribution >= 0.6 is 0 Å². The molecule has 0 heterocycles. The summed E-state index contributed by atoms with van der Waals surface area (Å²) < 4.78 is 0. The zero-order valence-electron chi connectivity index (χ0n) is 6.35. The second-order valence-electron chi connectivity index (χ2n) is 2.02. The second-order valence-corrected chi connectivity index (χ2v) is 2.02. The van der Waals surface area contributed by atoms with Crippen LogP contribution in [0.4, 0.5) is 0 Å². The molecule has 0 aliphatic rings. The van der Waals surface area contributed by atoms with E-state index in [1.54, 1.807) is 0 Å². The molecule has 1 nitrogen and oxygen atoms in total. The topological polar surface area (TPSA) is 16.6 Å². The quantitative estimate of drug-likeness (QED) is 0.334. The normalized spacial score (nSPS) is 8.00. The van der Waals surface area contributed by atoms with E-state index >= 15 is 0 Å². The van der Waals surface area contributed by atoms with Crippen LogP contribution in [-0.2, 0) is 0 Å². The van der Waals surface area contributed by atoms with Crippen molar-refractivity contribution in [2.24, 2.45) is 0 Å². The van der Waals surface area contributed by atoms with Crippen LogP contribution in [0.5, 0.6) is 0 Å². The Bertz CT molecular complexity index is 71.3. The Kier molecular flexibility index (Phi) is 14.3. The summed E-state index contributed by atoms with van der Waals surface area (Å²) in [5.41, 5.74) is 0. The number of nitrogens with two attached hydrogens (primary N) is 1. The maximum atomic E-state index is 3.64. The van der Waals surface area contributed by atoms with Gasteiger partial charge in [0, 0.05) is 12.8 Å². The summed E-state index contributed by atoms with van der Waals surface area (Å²) >= 11 is 0. The molecule has 0 aliphatic carbocycles. The molecule has 0 rings (SSSR count). The average molecular weight is 162 g/mol. The van der Waals surface area contributed by atoms with Gasteiger partial charge in [0.1, 0.15) is 0 Å². The Hall–Kier alpha value is -0.270. The summed E-state index contributed by atoms with van der Waals surface area (Å²) in [5.74, 6) is 0. The summed E-state index contributed by atoms with van der Waals surface area (Å²) in [6.07, 6.45) is 6.11. The molecule has 0 aromatic rings. The third-order valence-corrected chi connectivity index (χ3v) is 1.15. The van der Waals surface area contributed by atoms with Gasteiger partial charge in [0.15, 0.2) is 0 Å². The molecule has 0 spiro atoms. The molecule has 0 aromatic carbocycles. The van der Waals surface area contributed by atoms with Gasteiger partial charge in [-0.2, -0.15) is 0 Å². The number of halogens is 1. The van der Waals surface area contributed by atoms with Crippen LogP contribution in [0.3, 0.4) is 0 Å². The Morgan fingerprint density at radius 1 is 1.00 bits per heavy atom. The van der Waals surface area contributed by atoms with Crippen LogP contribution in [0, 0.1) is 0 Å². The van der Waals surface area contributed by atoms with Gasteiger partial charge in [0.2, 0.25) is 0 Å². The van der Waals surface area contributed by atoms with Crippen LogP contribution in [-0.4, -0.2) is 13.1 Å². The van der Waals surface area contributed by atoms with Crippen LogP contribution in [0.25, 0.3) is 0 Å². The lowest BCUT2D eigenvalue weighted by atomic mass is 10.4. The molecule has 0 saturated heterocycles. The van der Waals surface area contributed by atoms with Crippen LogP contribution < -0.4 is 17.7 Å². The van der Waals surface area contributed by atoms with Crippen LogP contribution in [0.2, 0.25) is 0 Å². The fourth-order valence-electron chi connectivity index (χ4n) is 0.616. The van der Waals surface area contributed by atoms with E-state index in [2.05, 4.69) is 18.5 Å². The van der Waals surface area contributed by atoms with E-state index in [0.29, 0.717) is 0 Å². The molecule has 0 radical (unpaired) electrons. The van der Waals surface area contributed by atoms with Crippen molar-refractivity contribution in [1.82, 2.24) is 0 Å². The molecular formula is C8H16ClN. The van der Waals surface area contributed by atoms with Crippen molar-refractivity contribution in [2.45, 2.75) is 12.8 Å². The molecule has 60 valence electrons. The number of quaternary nitrogens is 1. The highest BCUT2D eigenvalue weighted by Gasteiger charge is 1.83. The van der Waals surface area contributed by atoms with Crippen molar-refractivity contribution in [3.8, 4) is 0 Å². The fourth-order valence-corrected chi connectivity index (χ4v) is 0.616. The van der Waals surface area contributed by atoms with Gasteiger partial charge in [-0.3, -0.25) is 0 Å². The standard InChI is InChI=1S/C8H15N.ClH/c1-3-5-7-9-8-6-4-2;/h3-4,9H,1-2,5-8H2;1H. The Labute approximate surface area is 69.6 Å². The molecule has 0 atom stereocenters. The van der Waals surface area contributed by atoms with Crippen molar-refractivity contribution < 1.29 is 17.7 Å². The predicted octanol–water partition coefficient (Wildman–Crippen LogP) is -2.29. The minimum Gasteiger partial charge on any atom is -1.00 e. The van der Waals surface area contributed by atoms with E-state index in [4.69, 9.17) is 0 Å². The summed E-state index contributed by atoms with van der Waals surface area (Å²) in [5, 5.41) is 2.28. The maximum absolute atomic E-state index is 3.64. The monoisotopic (exact) mass is 161 g/mol. The Morgan fingerprint density at radius 2 is 1.40 bits per heavy atom. The average Bonchev–Trinajstić information content (AvgIpc) is 1.89. The first-order chi connectivity index (χ1) is 4.41. The molecule has 10 heavy (non-hydrogen) atoms.